The molecule has 122 valence electrons. The van der Waals surface area contributed by atoms with E-state index >= 15 is 0 Å². The lowest BCUT2D eigenvalue weighted by Crippen LogP contribution is -2.55. The molecule has 3 fully saturated rings. The lowest BCUT2D eigenvalue weighted by atomic mass is 9.45. The lowest BCUT2D eigenvalue weighted by molar-refractivity contribution is -0.132. The van der Waals surface area contributed by atoms with Gasteiger partial charge < -0.3 is 19.3 Å². The zero-order valence-corrected chi connectivity index (χ0v) is 12.8. The molecule has 1 aliphatic heterocycles. The van der Waals surface area contributed by atoms with E-state index in [4.69, 9.17) is 14.2 Å². The van der Waals surface area contributed by atoms with Crippen molar-refractivity contribution in [3.8, 4) is 11.5 Å². The maximum atomic E-state index is 12.0. The minimum Gasteiger partial charge on any atom is -0.492 e. The number of carbonyl (C=O) groups excluding carboxylic acids is 2. The smallest absolute Gasteiger partial charge is 0.340 e. The quantitative estimate of drug-likeness (QED) is 0.657. The summed E-state index contributed by atoms with van der Waals surface area (Å²) in [6.07, 6.45) is 3.03. The number of esters is 1. The van der Waals surface area contributed by atoms with Gasteiger partial charge in [-0.1, -0.05) is 0 Å². The summed E-state index contributed by atoms with van der Waals surface area (Å²) in [7, 11) is 1.46. The van der Waals surface area contributed by atoms with Crippen LogP contribution in [0.1, 0.15) is 45.5 Å². The molecule has 3 aliphatic carbocycles. The number of methoxy groups -OCH3 is 1. The van der Waals surface area contributed by atoms with Crippen molar-refractivity contribution in [2.45, 2.75) is 32.0 Å². The Hall–Kier alpha value is -2.08. The highest BCUT2D eigenvalue weighted by Crippen LogP contribution is 2.64. The van der Waals surface area contributed by atoms with Gasteiger partial charge in [0.2, 0.25) is 6.29 Å². The molecule has 0 amide bonds. The van der Waals surface area contributed by atoms with E-state index < -0.39 is 12.3 Å². The topological polar surface area (TPSA) is 82.1 Å². The summed E-state index contributed by atoms with van der Waals surface area (Å²) in [5, 5.41) is 9.60. The second-order valence-corrected chi connectivity index (χ2v) is 6.80. The Labute approximate surface area is 133 Å². The molecule has 0 aromatic heterocycles. The van der Waals surface area contributed by atoms with Crippen molar-refractivity contribution < 1.29 is 28.9 Å². The standard InChI is InChI=1S/C17H18O6/c1-21-15-12(7-18)10-3-14(19)23-16(20)11(10)2-13(15)22-8-17-4-9(5-17)6-17/h2,7,9,14,19H,3-6,8H2,1H3. The maximum absolute atomic E-state index is 12.0. The minimum absolute atomic E-state index is 0.0669. The molecule has 4 aliphatic rings. The van der Waals surface area contributed by atoms with Crippen LogP contribution in [0.5, 0.6) is 11.5 Å². The molecule has 0 saturated heterocycles. The fourth-order valence-corrected chi connectivity index (χ4v) is 4.01. The number of hydrogen-bond donors (Lipinski definition) is 1. The summed E-state index contributed by atoms with van der Waals surface area (Å²) in [5.74, 6) is 0.893. The Balaban J connectivity index is 1.71. The van der Waals surface area contributed by atoms with E-state index in [1.807, 2.05) is 0 Å². The molecule has 23 heavy (non-hydrogen) atoms. The molecule has 1 atom stereocenters. The number of cyclic esters (lactones) is 1. The number of aldehydes is 1. The molecule has 1 aromatic rings. The zero-order valence-electron chi connectivity index (χ0n) is 12.8. The van der Waals surface area contributed by atoms with E-state index in [1.54, 1.807) is 6.07 Å². The van der Waals surface area contributed by atoms with Crippen molar-refractivity contribution in [1.82, 2.24) is 0 Å². The molecular weight excluding hydrogens is 300 g/mol. The van der Waals surface area contributed by atoms with Gasteiger partial charge in [-0.25, -0.2) is 4.79 Å². The second kappa shape index (κ2) is 4.96. The summed E-state index contributed by atoms with van der Waals surface area (Å²) in [6, 6.07) is 1.56. The largest absolute Gasteiger partial charge is 0.492 e. The summed E-state index contributed by atoms with van der Waals surface area (Å²) < 4.78 is 16.1. The van der Waals surface area contributed by atoms with Crippen LogP contribution in [0, 0.1) is 11.3 Å². The molecule has 6 heteroatoms. The van der Waals surface area contributed by atoms with Gasteiger partial charge in [0.05, 0.1) is 24.8 Å². The van der Waals surface area contributed by atoms with Crippen LogP contribution in [0.2, 0.25) is 0 Å². The number of carbonyl (C=O) groups is 2. The Bertz CT molecular complexity index is 678. The fourth-order valence-electron chi connectivity index (χ4n) is 4.01. The fraction of sp³-hybridized carbons (Fsp3) is 0.529. The van der Waals surface area contributed by atoms with Gasteiger partial charge in [-0.3, -0.25) is 4.79 Å². The van der Waals surface area contributed by atoms with Crippen LogP contribution >= 0.6 is 0 Å². The van der Waals surface area contributed by atoms with Crippen molar-refractivity contribution in [2.75, 3.05) is 13.7 Å². The number of hydrogen-bond acceptors (Lipinski definition) is 6. The molecule has 0 spiro atoms. The van der Waals surface area contributed by atoms with E-state index in [2.05, 4.69) is 0 Å². The van der Waals surface area contributed by atoms with Gasteiger partial charge in [-0.05, 0) is 36.8 Å². The molecule has 3 saturated carbocycles. The normalized spacial score (nSPS) is 30.4. The van der Waals surface area contributed by atoms with Gasteiger partial charge in [-0.15, -0.1) is 0 Å². The highest BCUT2D eigenvalue weighted by atomic mass is 16.6. The molecule has 1 heterocycles. The van der Waals surface area contributed by atoms with Crippen LogP contribution in [-0.4, -0.2) is 37.4 Å². The lowest BCUT2D eigenvalue weighted by Gasteiger charge is -2.61. The third kappa shape index (κ3) is 2.12. The monoisotopic (exact) mass is 318 g/mol. The first kappa shape index (κ1) is 14.5. The maximum Gasteiger partial charge on any atom is 0.340 e. The SMILES string of the molecule is COc1c(OCC23CC(C2)C3)cc2c(c1C=O)CC(O)OC2=O. The number of rotatable bonds is 5. The predicted octanol–water partition coefficient (Wildman–Crippen LogP) is 1.72. The van der Waals surface area contributed by atoms with Crippen LogP contribution in [0.4, 0.5) is 0 Å². The first-order chi connectivity index (χ1) is 11.0. The third-order valence-electron chi connectivity index (χ3n) is 5.26. The summed E-state index contributed by atoms with van der Waals surface area (Å²) in [4.78, 5) is 23.5. The Morgan fingerprint density at radius 2 is 2.17 bits per heavy atom. The minimum atomic E-state index is -1.24. The van der Waals surface area contributed by atoms with E-state index in [0.717, 1.165) is 5.92 Å². The highest BCUT2D eigenvalue weighted by molar-refractivity contribution is 5.97. The van der Waals surface area contributed by atoms with Crippen molar-refractivity contribution in [1.29, 1.82) is 0 Å². The molecule has 2 bridgehead atoms. The van der Waals surface area contributed by atoms with Crippen LogP contribution in [0.3, 0.4) is 0 Å². The molecule has 6 nitrogen and oxygen atoms in total. The van der Waals surface area contributed by atoms with Crippen LogP contribution in [0.25, 0.3) is 0 Å². The average Bonchev–Trinajstić information content (AvgIpc) is 2.43. The molecular formula is C17H18O6. The molecule has 1 unspecified atom stereocenters. The van der Waals surface area contributed by atoms with Crippen LogP contribution in [0.15, 0.2) is 6.07 Å². The molecule has 1 N–H and O–H groups in total. The zero-order chi connectivity index (χ0) is 16.2. The van der Waals surface area contributed by atoms with Gasteiger partial charge >= 0.3 is 5.97 Å². The first-order valence-corrected chi connectivity index (χ1v) is 7.76. The summed E-state index contributed by atoms with van der Waals surface area (Å²) >= 11 is 0. The Morgan fingerprint density at radius 3 is 2.74 bits per heavy atom. The van der Waals surface area contributed by atoms with Gasteiger partial charge in [-0.2, -0.15) is 0 Å². The van der Waals surface area contributed by atoms with E-state index in [-0.39, 0.29) is 23.0 Å². The third-order valence-corrected chi connectivity index (χ3v) is 5.26. The summed E-state index contributed by atoms with van der Waals surface area (Å²) in [5.41, 5.74) is 1.21. The summed E-state index contributed by atoms with van der Waals surface area (Å²) in [6.45, 7) is 0.564. The van der Waals surface area contributed by atoms with Gasteiger partial charge in [0.1, 0.15) is 0 Å². The van der Waals surface area contributed by atoms with Crippen molar-refractivity contribution in [2.24, 2.45) is 11.3 Å². The number of aliphatic hydroxyl groups excluding tert-OH is 1. The number of benzene rings is 1. The van der Waals surface area contributed by atoms with Crippen molar-refractivity contribution >= 4 is 12.3 Å². The van der Waals surface area contributed by atoms with E-state index in [0.29, 0.717) is 30.0 Å². The first-order valence-electron chi connectivity index (χ1n) is 7.76. The average molecular weight is 318 g/mol. The molecule has 5 rings (SSSR count). The van der Waals surface area contributed by atoms with Gasteiger partial charge in [0, 0.05) is 11.8 Å². The van der Waals surface area contributed by atoms with Crippen molar-refractivity contribution in [3.63, 3.8) is 0 Å². The van der Waals surface area contributed by atoms with Crippen molar-refractivity contribution in [3.05, 3.63) is 22.8 Å². The van der Waals surface area contributed by atoms with Gasteiger partial charge in [0.25, 0.3) is 0 Å². The Morgan fingerprint density at radius 1 is 1.43 bits per heavy atom. The van der Waals surface area contributed by atoms with E-state index in [1.165, 1.54) is 26.4 Å². The highest BCUT2D eigenvalue weighted by Gasteiger charge is 2.57. The number of ether oxygens (including phenoxy) is 3. The Kier molecular flexibility index (Phi) is 3.13. The van der Waals surface area contributed by atoms with Crippen LogP contribution in [-0.2, 0) is 11.2 Å². The van der Waals surface area contributed by atoms with Gasteiger partial charge in [0.15, 0.2) is 17.8 Å². The number of aliphatic hydroxyl groups is 1. The molecule has 1 aromatic carbocycles. The number of fused-ring (bicyclic) bond motifs is 1. The second-order valence-electron chi connectivity index (χ2n) is 6.80. The van der Waals surface area contributed by atoms with E-state index in [9.17, 15) is 14.7 Å². The van der Waals surface area contributed by atoms with Crippen LogP contribution < -0.4 is 9.47 Å². The predicted molar refractivity (Wildman–Crippen MR) is 78.8 cm³/mol. The molecule has 0 radical (unpaired) electrons.